The Bertz CT molecular complexity index is 641. The van der Waals surface area contributed by atoms with E-state index in [1.165, 1.54) is 7.11 Å². The molecule has 0 saturated heterocycles. The van der Waals surface area contributed by atoms with Gasteiger partial charge in [-0.2, -0.15) is 0 Å². The van der Waals surface area contributed by atoms with Gasteiger partial charge in [0.15, 0.2) is 19.9 Å². The van der Waals surface area contributed by atoms with Crippen LogP contribution in [-0.2, 0) is 9.47 Å². The summed E-state index contributed by atoms with van der Waals surface area (Å²) in [7, 11) is 6.28. The van der Waals surface area contributed by atoms with Crippen LogP contribution in [0, 0.1) is 0 Å². The molecule has 142 valence electrons. The molecular weight excluding hydrogens is 340 g/mol. The second-order valence-corrected chi connectivity index (χ2v) is 4.80. The van der Waals surface area contributed by atoms with Crippen molar-refractivity contribution in [3.8, 4) is 23.0 Å². The summed E-state index contributed by atoms with van der Waals surface area (Å²) >= 11 is 0. The summed E-state index contributed by atoms with van der Waals surface area (Å²) < 4.78 is 29.8. The van der Waals surface area contributed by atoms with Crippen molar-refractivity contribution in [2.45, 2.75) is 0 Å². The Kier molecular flexibility index (Phi) is 10.3. The van der Waals surface area contributed by atoms with Gasteiger partial charge in [0.1, 0.15) is 23.0 Å². The van der Waals surface area contributed by atoms with Crippen LogP contribution in [0.1, 0.15) is 10.4 Å². The average Bonchev–Trinajstić information content (AvgIpc) is 2.71. The van der Waals surface area contributed by atoms with Gasteiger partial charge in [-0.25, -0.2) is 0 Å². The Morgan fingerprint density at radius 3 is 1.81 bits per heavy atom. The van der Waals surface area contributed by atoms with Crippen molar-refractivity contribution in [1.29, 1.82) is 0 Å². The lowest BCUT2D eigenvalue weighted by molar-refractivity contribution is 0.0504. The van der Waals surface area contributed by atoms with Crippen LogP contribution in [0.4, 0.5) is 0 Å². The van der Waals surface area contributed by atoms with Crippen molar-refractivity contribution in [1.82, 2.24) is 0 Å². The molecule has 0 saturated carbocycles. The summed E-state index contributed by atoms with van der Waals surface area (Å²) in [6.45, 7) is 0.388. The third-order valence-corrected chi connectivity index (χ3v) is 3.08. The predicted molar refractivity (Wildman–Crippen MR) is 96.4 cm³/mol. The summed E-state index contributed by atoms with van der Waals surface area (Å²) in [6, 6.07) is 12.3. The van der Waals surface area contributed by atoms with Gasteiger partial charge in [-0.05, 0) is 42.5 Å². The van der Waals surface area contributed by atoms with Crippen LogP contribution < -0.4 is 18.9 Å². The van der Waals surface area contributed by atoms with Gasteiger partial charge in [-0.15, -0.1) is 0 Å². The maximum absolute atomic E-state index is 10.7. The fourth-order valence-corrected chi connectivity index (χ4v) is 1.80. The van der Waals surface area contributed by atoms with Gasteiger partial charge in [0, 0.05) is 14.2 Å². The molecule has 0 amide bonds. The minimum atomic E-state index is 0.118. The Hall–Kier alpha value is -2.77. The highest BCUT2D eigenvalue weighted by Gasteiger charge is 2.04. The molecule has 0 aliphatic carbocycles. The number of carbonyl (C=O) groups is 1. The molecule has 0 heterocycles. The van der Waals surface area contributed by atoms with E-state index >= 15 is 0 Å². The van der Waals surface area contributed by atoms with Crippen molar-refractivity contribution in [3.05, 3.63) is 48.0 Å². The Labute approximate surface area is 153 Å². The van der Waals surface area contributed by atoms with Crippen LogP contribution in [0.3, 0.4) is 0 Å². The third-order valence-electron chi connectivity index (χ3n) is 3.08. The maximum atomic E-state index is 10.7. The lowest BCUT2D eigenvalue weighted by Crippen LogP contribution is -2.01. The molecule has 0 aliphatic heterocycles. The number of aldehydes is 1. The van der Waals surface area contributed by atoms with E-state index in [9.17, 15) is 4.79 Å². The first kappa shape index (κ1) is 21.3. The van der Waals surface area contributed by atoms with Gasteiger partial charge in [0.25, 0.3) is 0 Å². The summed E-state index contributed by atoms with van der Waals surface area (Å²) in [4.78, 5) is 10.7. The fourth-order valence-electron chi connectivity index (χ4n) is 1.80. The number of rotatable bonds is 9. The van der Waals surface area contributed by atoms with Gasteiger partial charge >= 0.3 is 0 Å². The third kappa shape index (κ3) is 7.42. The topological polar surface area (TPSA) is 72.5 Å². The SMILES string of the molecule is COCOc1ccc(OC)cc1.COCOc1ccc(OC)cc1C=O. The van der Waals surface area contributed by atoms with E-state index in [0.29, 0.717) is 23.3 Å². The summed E-state index contributed by atoms with van der Waals surface area (Å²) in [5.74, 6) is 2.71. The highest BCUT2D eigenvalue weighted by Crippen LogP contribution is 2.22. The molecule has 7 nitrogen and oxygen atoms in total. The van der Waals surface area contributed by atoms with E-state index in [4.69, 9.17) is 28.4 Å². The van der Waals surface area contributed by atoms with Crippen LogP contribution in [-0.4, -0.2) is 48.3 Å². The number of carbonyl (C=O) groups excluding carboxylic acids is 1. The molecule has 2 aromatic rings. The number of benzene rings is 2. The smallest absolute Gasteiger partial charge is 0.188 e. The van der Waals surface area contributed by atoms with Crippen molar-refractivity contribution in [2.75, 3.05) is 42.0 Å². The molecule has 0 radical (unpaired) electrons. The average molecular weight is 364 g/mol. The molecular formula is C19H24O7. The molecule has 0 fully saturated rings. The van der Waals surface area contributed by atoms with E-state index in [1.807, 2.05) is 24.3 Å². The van der Waals surface area contributed by atoms with Gasteiger partial charge < -0.3 is 28.4 Å². The lowest BCUT2D eigenvalue weighted by Gasteiger charge is -2.08. The van der Waals surface area contributed by atoms with E-state index in [-0.39, 0.29) is 13.6 Å². The van der Waals surface area contributed by atoms with E-state index in [1.54, 1.807) is 39.5 Å². The Morgan fingerprint density at radius 1 is 0.731 bits per heavy atom. The zero-order chi connectivity index (χ0) is 19.2. The first-order valence-corrected chi connectivity index (χ1v) is 7.69. The predicted octanol–water partition coefficient (Wildman–Crippen LogP) is 3.17. The Balaban J connectivity index is 0.000000263. The minimum Gasteiger partial charge on any atom is -0.497 e. The largest absolute Gasteiger partial charge is 0.497 e. The lowest BCUT2D eigenvalue weighted by atomic mass is 10.2. The molecule has 0 aliphatic rings. The number of hydrogen-bond acceptors (Lipinski definition) is 7. The molecule has 0 unspecified atom stereocenters. The van der Waals surface area contributed by atoms with Crippen LogP contribution in [0.15, 0.2) is 42.5 Å². The molecule has 0 bridgehead atoms. The molecule has 7 heteroatoms. The zero-order valence-electron chi connectivity index (χ0n) is 15.4. The van der Waals surface area contributed by atoms with Crippen LogP contribution in [0.2, 0.25) is 0 Å². The van der Waals surface area contributed by atoms with E-state index in [2.05, 4.69) is 0 Å². The Morgan fingerprint density at radius 2 is 1.27 bits per heavy atom. The van der Waals surface area contributed by atoms with Gasteiger partial charge in [0.2, 0.25) is 0 Å². The first-order valence-electron chi connectivity index (χ1n) is 7.69. The minimum absolute atomic E-state index is 0.118. The van der Waals surface area contributed by atoms with Crippen molar-refractivity contribution >= 4 is 6.29 Å². The molecule has 26 heavy (non-hydrogen) atoms. The normalized spacial score (nSPS) is 9.54. The number of hydrogen-bond donors (Lipinski definition) is 0. The molecule has 0 atom stereocenters. The molecule has 2 aromatic carbocycles. The second-order valence-electron chi connectivity index (χ2n) is 4.80. The van der Waals surface area contributed by atoms with Crippen molar-refractivity contribution < 1.29 is 33.2 Å². The van der Waals surface area contributed by atoms with Crippen LogP contribution in [0.5, 0.6) is 23.0 Å². The standard InChI is InChI=1S/C10H12O4.C9H12O3/c1-12-7-14-10-4-3-9(13-2)5-8(10)6-11;1-10-7-12-9-5-3-8(11-2)4-6-9/h3-6H,7H2,1-2H3;3-6H,7H2,1-2H3. The number of methoxy groups -OCH3 is 4. The molecule has 0 aromatic heterocycles. The molecule has 0 spiro atoms. The van der Waals surface area contributed by atoms with Gasteiger partial charge in [-0.1, -0.05) is 0 Å². The highest BCUT2D eigenvalue weighted by atomic mass is 16.7. The van der Waals surface area contributed by atoms with E-state index in [0.717, 1.165) is 11.5 Å². The molecule has 0 N–H and O–H groups in total. The summed E-state index contributed by atoms with van der Waals surface area (Å²) in [6.07, 6.45) is 0.716. The zero-order valence-corrected chi connectivity index (χ0v) is 15.4. The quantitative estimate of drug-likeness (QED) is 0.500. The molecule has 2 rings (SSSR count). The summed E-state index contributed by atoms with van der Waals surface area (Å²) in [5, 5.41) is 0. The highest BCUT2D eigenvalue weighted by molar-refractivity contribution is 5.80. The van der Waals surface area contributed by atoms with Crippen LogP contribution >= 0.6 is 0 Å². The monoisotopic (exact) mass is 364 g/mol. The van der Waals surface area contributed by atoms with Crippen LogP contribution in [0.25, 0.3) is 0 Å². The maximum Gasteiger partial charge on any atom is 0.188 e. The van der Waals surface area contributed by atoms with E-state index < -0.39 is 0 Å². The van der Waals surface area contributed by atoms with Crippen molar-refractivity contribution in [2.24, 2.45) is 0 Å². The van der Waals surface area contributed by atoms with Gasteiger partial charge in [0.05, 0.1) is 19.8 Å². The number of ether oxygens (including phenoxy) is 6. The fraction of sp³-hybridized carbons (Fsp3) is 0.316. The second kappa shape index (κ2) is 12.6. The summed E-state index contributed by atoms with van der Waals surface area (Å²) in [5.41, 5.74) is 0.446. The first-order chi connectivity index (χ1) is 12.7. The van der Waals surface area contributed by atoms with Gasteiger partial charge in [-0.3, -0.25) is 4.79 Å². The van der Waals surface area contributed by atoms with Crippen molar-refractivity contribution in [3.63, 3.8) is 0 Å².